The van der Waals surface area contributed by atoms with E-state index >= 15 is 0 Å². The second kappa shape index (κ2) is 5.40. The van der Waals surface area contributed by atoms with Crippen LogP contribution in [0, 0.1) is 0 Å². The molecule has 1 aliphatic heterocycles. The molecular formula is C14H17N3O3. The van der Waals surface area contributed by atoms with E-state index in [1.165, 1.54) is 25.0 Å². The number of rotatable bonds is 2. The Bertz CT molecular complexity index is 589. The molecule has 3 rings (SSSR count). The van der Waals surface area contributed by atoms with Gasteiger partial charge in [-0.05, 0) is 30.1 Å². The first-order chi connectivity index (χ1) is 9.74. The first kappa shape index (κ1) is 12.8. The molecule has 0 aliphatic carbocycles. The summed E-state index contributed by atoms with van der Waals surface area (Å²) in [5.41, 5.74) is 0.427. The lowest BCUT2D eigenvalue weighted by atomic mass is 10.2. The second-order valence-corrected chi connectivity index (χ2v) is 5.00. The summed E-state index contributed by atoms with van der Waals surface area (Å²) in [5.74, 6) is 0.755. The van der Waals surface area contributed by atoms with E-state index in [-0.39, 0.29) is 17.4 Å². The van der Waals surface area contributed by atoms with E-state index < -0.39 is 0 Å². The molecule has 0 bridgehead atoms. The van der Waals surface area contributed by atoms with Gasteiger partial charge in [0, 0.05) is 19.2 Å². The maximum Gasteiger partial charge on any atom is 0.266 e. The Morgan fingerprint density at radius 1 is 1.05 bits per heavy atom. The molecule has 20 heavy (non-hydrogen) atoms. The monoisotopic (exact) mass is 275 g/mol. The van der Waals surface area contributed by atoms with E-state index in [2.05, 4.69) is 15.0 Å². The van der Waals surface area contributed by atoms with Crippen LogP contribution in [0.1, 0.15) is 25.7 Å². The number of anilines is 1. The Hall–Kier alpha value is -2.24. The van der Waals surface area contributed by atoms with E-state index in [1.807, 2.05) is 0 Å². The van der Waals surface area contributed by atoms with Crippen molar-refractivity contribution in [3.8, 4) is 23.0 Å². The van der Waals surface area contributed by atoms with Crippen LogP contribution in [0.25, 0.3) is 11.5 Å². The highest BCUT2D eigenvalue weighted by Gasteiger charge is 2.18. The highest BCUT2D eigenvalue weighted by Crippen LogP contribution is 2.32. The molecule has 1 saturated heterocycles. The number of phenols is 2. The molecule has 1 aliphatic rings. The third-order valence-corrected chi connectivity index (χ3v) is 3.52. The predicted octanol–water partition coefficient (Wildman–Crippen LogP) is 2.53. The van der Waals surface area contributed by atoms with Crippen molar-refractivity contribution in [2.24, 2.45) is 0 Å². The van der Waals surface area contributed by atoms with E-state index in [4.69, 9.17) is 4.52 Å². The first-order valence-electron chi connectivity index (χ1n) is 6.85. The molecule has 0 atom stereocenters. The summed E-state index contributed by atoms with van der Waals surface area (Å²) in [5, 5.41) is 23.1. The Balaban J connectivity index is 1.85. The zero-order valence-electron chi connectivity index (χ0n) is 11.1. The summed E-state index contributed by atoms with van der Waals surface area (Å²) in [4.78, 5) is 6.45. The van der Waals surface area contributed by atoms with Gasteiger partial charge in [0.25, 0.3) is 11.8 Å². The molecule has 0 spiro atoms. The van der Waals surface area contributed by atoms with Crippen LogP contribution < -0.4 is 4.90 Å². The molecular weight excluding hydrogens is 258 g/mol. The first-order valence-corrected chi connectivity index (χ1v) is 6.85. The van der Waals surface area contributed by atoms with E-state index in [1.54, 1.807) is 6.07 Å². The smallest absolute Gasteiger partial charge is 0.266 e. The van der Waals surface area contributed by atoms with Crippen LogP contribution in [-0.2, 0) is 0 Å². The van der Waals surface area contributed by atoms with Crippen LogP contribution in [0.3, 0.4) is 0 Å². The van der Waals surface area contributed by atoms with Crippen molar-refractivity contribution in [3.63, 3.8) is 0 Å². The lowest BCUT2D eigenvalue weighted by Gasteiger charge is -2.16. The quantitative estimate of drug-likeness (QED) is 0.876. The summed E-state index contributed by atoms with van der Waals surface area (Å²) in [6.07, 6.45) is 4.74. The van der Waals surface area contributed by atoms with Crippen molar-refractivity contribution >= 4 is 5.95 Å². The Morgan fingerprint density at radius 3 is 2.50 bits per heavy atom. The molecule has 6 heteroatoms. The van der Waals surface area contributed by atoms with Gasteiger partial charge < -0.3 is 19.6 Å². The normalized spacial score (nSPS) is 16.1. The summed E-state index contributed by atoms with van der Waals surface area (Å²) in [7, 11) is 0. The molecule has 6 nitrogen and oxygen atoms in total. The van der Waals surface area contributed by atoms with Crippen LogP contribution >= 0.6 is 0 Å². The summed E-state index contributed by atoms with van der Waals surface area (Å²) in [6.45, 7) is 1.86. The third kappa shape index (κ3) is 2.54. The van der Waals surface area contributed by atoms with E-state index in [0.29, 0.717) is 11.5 Å². The van der Waals surface area contributed by atoms with Crippen LogP contribution in [0.2, 0.25) is 0 Å². The van der Waals surface area contributed by atoms with E-state index in [0.717, 1.165) is 25.9 Å². The summed E-state index contributed by atoms with van der Waals surface area (Å²) < 4.78 is 5.22. The maximum absolute atomic E-state index is 9.81. The molecule has 2 N–H and O–H groups in total. The predicted molar refractivity (Wildman–Crippen MR) is 73.7 cm³/mol. The minimum absolute atomic E-state index is 0.00138. The molecule has 0 saturated carbocycles. The van der Waals surface area contributed by atoms with Gasteiger partial charge >= 0.3 is 0 Å². The Labute approximate surface area is 116 Å². The molecule has 0 unspecified atom stereocenters. The van der Waals surface area contributed by atoms with Crippen molar-refractivity contribution in [2.75, 3.05) is 18.0 Å². The minimum atomic E-state index is -0.0731. The number of hydrogen-bond acceptors (Lipinski definition) is 6. The van der Waals surface area contributed by atoms with Crippen LogP contribution in [0.15, 0.2) is 22.7 Å². The fourth-order valence-corrected chi connectivity index (χ4v) is 2.43. The van der Waals surface area contributed by atoms with Gasteiger partial charge in [-0.25, -0.2) is 0 Å². The number of hydrogen-bond donors (Lipinski definition) is 2. The van der Waals surface area contributed by atoms with Crippen molar-refractivity contribution in [1.29, 1.82) is 0 Å². The topological polar surface area (TPSA) is 82.6 Å². The van der Waals surface area contributed by atoms with Crippen molar-refractivity contribution in [1.82, 2.24) is 10.1 Å². The van der Waals surface area contributed by atoms with Gasteiger partial charge in [-0.2, -0.15) is 4.98 Å². The molecule has 0 radical (unpaired) electrons. The van der Waals surface area contributed by atoms with Gasteiger partial charge in [-0.15, -0.1) is 0 Å². The van der Waals surface area contributed by atoms with Gasteiger partial charge in [0.2, 0.25) is 0 Å². The Morgan fingerprint density at radius 2 is 1.80 bits per heavy atom. The minimum Gasteiger partial charge on any atom is -0.508 e. The molecule has 1 aromatic heterocycles. The van der Waals surface area contributed by atoms with Gasteiger partial charge in [0.05, 0.1) is 5.56 Å². The van der Waals surface area contributed by atoms with Gasteiger partial charge in [-0.3, -0.25) is 0 Å². The molecule has 1 fully saturated rings. The number of aromatic nitrogens is 2. The van der Waals surface area contributed by atoms with Gasteiger partial charge in [0.1, 0.15) is 11.5 Å². The zero-order valence-corrected chi connectivity index (χ0v) is 11.1. The lowest BCUT2D eigenvalue weighted by Crippen LogP contribution is -2.24. The largest absolute Gasteiger partial charge is 0.508 e. The SMILES string of the molecule is Oc1ccc(-c2nc(N3CCCCCC3)no2)c(O)c1. The average Bonchev–Trinajstić information content (AvgIpc) is 2.74. The van der Waals surface area contributed by atoms with E-state index in [9.17, 15) is 10.2 Å². The molecule has 2 heterocycles. The van der Waals surface area contributed by atoms with Crippen LogP contribution in [0.5, 0.6) is 11.5 Å². The number of nitrogens with zero attached hydrogens (tertiary/aromatic N) is 3. The molecule has 0 amide bonds. The summed E-state index contributed by atoms with van der Waals surface area (Å²) in [6, 6.07) is 4.29. The highest BCUT2D eigenvalue weighted by atomic mass is 16.5. The van der Waals surface area contributed by atoms with Crippen molar-refractivity contribution < 1.29 is 14.7 Å². The summed E-state index contributed by atoms with van der Waals surface area (Å²) >= 11 is 0. The van der Waals surface area contributed by atoms with Crippen molar-refractivity contribution in [3.05, 3.63) is 18.2 Å². The molecule has 2 aromatic rings. The third-order valence-electron chi connectivity index (χ3n) is 3.52. The standard InChI is InChI=1S/C14H17N3O3/c18-10-5-6-11(12(19)9-10)13-15-14(16-20-13)17-7-3-1-2-4-8-17/h5-6,9,18-19H,1-4,7-8H2. The fraction of sp³-hybridized carbons (Fsp3) is 0.429. The fourth-order valence-electron chi connectivity index (χ4n) is 2.43. The van der Waals surface area contributed by atoms with Crippen LogP contribution in [0.4, 0.5) is 5.95 Å². The number of aromatic hydroxyl groups is 2. The van der Waals surface area contributed by atoms with Crippen LogP contribution in [-0.4, -0.2) is 33.4 Å². The average molecular weight is 275 g/mol. The van der Waals surface area contributed by atoms with Crippen molar-refractivity contribution in [2.45, 2.75) is 25.7 Å². The maximum atomic E-state index is 9.81. The zero-order chi connectivity index (χ0) is 13.9. The second-order valence-electron chi connectivity index (χ2n) is 5.00. The highest BCUT2D eigenvalue weighted by molar-refractivity contribution is 5.64. The van der Waals surface area contributed by atoms with Gasteiger partial charge in [0.15, 0.2) is 0 Å². The van der Waals surface area contributed by atoms with Gasteiger partial charge in [-0.1, -0.05) is 12.8 Å². The Kier molecular flexibility index (Phi) is 3.45. The lowest BCUT2D eigenvalue weighted by molar-refractivity contribution is 0.421. The number of benzene rings is 1. The number of phenolic OH excluding ortho intramolecular Hbond substituents is 2. The molecule has 106 valence electrons. The molecule has 1 aromatic carbocycles.